The molecule has 3 rings (SSSR count). The number of hydrogen-bond acceptors (Lipinski definition) is 4. The van der Waals surface area contributed by atoms with Crippen molar-refractivity contribution in [2.45, 2.75) is 26.8 Å². The van der Waals surface area contributed by atoms with Gasteiger partial charge in [-0.3, -0.25) is 0 Å². The Hall–Kier alpha value is -2.62. The molecule has 0 saturated carbocycles. The van der Waals surface area contributed by atoms with Crippen molar-refractivity contribution in [2.75, 3.05) is 17.2 Å². The molecule has 0 radical (unpaired) electrons. The van der Waals surface area contributed by atoms with Crippen LogP contribution in [0.3, 0.4) is 0 Å². The average molecular weight is 306 g/mol. The van der Waals surface area contributed by atoms with Gasteiger partial charge < -0.3 is 10.6 Å². The second kappa shape index (κ2) is 7.09. The number of benzene rings is 2. The van der Waals surface area contributed by atoms with Gasteiger partial charge in [-0.25, -0.2) is 9.97 Å². The van der Waals surface area contributed by atoms with Crippen LogP contribution >= 0.6 is 0 Å². The van der Waals surface area contributed by atoms with E-state index in [1.54, 1.807) is 6.33 Å². The first-order valence-corrected chi connectivity index (χ1v) is 8.05. The lowest BCUT2D eigenvalue weighted by Crippen LogP contribution is -2.04. The van der Waals surface area contributed by atoms with Crippen LogP contribution in [0.2, 0.25) is 0 Å². The SMILES string of the molecule is CCCNc1ccc(CNc2ncnc3c(C)cccc23)cc1. The third-order valence-electron chi connectivity index (χ3n) is 3.86. The van der Waals surface area contributed by atoms with E-state index in [9.17, 15) is 0 Å². The van der Waals surface area contributed by atoms with Crippen molar-refractivity contribution < 1.29 is 0 Å². The summed E-state index contributed by atoms with van der Waals surface area (Å²) in [6, 6.07) is 14.7. The fraction of sp³-hybridized carbons (Fsp3) is 0.263. The second-order valence-electron chi connectivity index (χ2n) is 5.67. The summed E-state index contributed by atoms with van der Waals surface area (Å²) in [6.07, 6.45) is 2.75. The number of aryl methyl sites for hydroxylation is 1. The molecule has 3 aromatic rings. The van der Waals surface area contributed by atoms with E-state index in [0.29, 0.717) is 0 Å². The molecule has 1 aromatic heterocycles. The van der Waals surface area contributed by atoms with Gasteiger partial charge in [0.25, 0.3) is 0 Å². The smallest absolute Gasteiger partial charge is 0.137 e. The van der Waals surface area contributed by atoms with Gasteiger partial charge in [-0.2, -0.15) is 0 Å². The Kier molecular flexibility index (Phi) is 4.71. The Morgan fingerprint density at radius 2 is 1.78 bits per heavy atom. The molecule has 2 aromatic carbocycles. The van der Waals surface area contributed by atoms with Gasteiger partial charge in [0.2, 0.25) is 0 Å². The maximum atomic E-state index is 4.39. The number of hydrogen-bond donors (Lipinski definition) is 2. The molecule has 1 heterocycles. The molecule has 2 N–H and O–H groups in total. The summed E-state index contributed by atoms with van der Waals surface area (Å²) in [5.41, 5.74) is 4.56. The van der Waals surface area contributed by atoms with Crippen LogP contribution in [0.4, 0.5) is 11.5 Å². The summed E-state index contributed by atoms with van der Waals surface area (Å²) < 4.78 is 0. The van der Waals surface area contributed by atoms with Gasteiger partial charge in [-0.15, -0.1) is 0 Å². The van der Waals surface area contributed by atoms with Crippen molar-refractivity contribution in [1.82, 2.24) is 9.97 Å². The highest BCUT2D eigenvalue weighted by atomic mass is 15.0. The van der Waals surface area contributed by atoms with E-state index in [2.05, 4.69) is 70.8 Å². The molecule has 0 atom stereocenters. The first-order valence-electron chi connectivity index (χ1n) is 8.05. The maximum absolute atomic E-state index is 4.39. The highest BCUT2D eigenvalue weighted by molar-refractivity contribution is 5.90. The molecule has 0 aliphatic heterocycles. The lowest BCUT2D eigenvalue weighted by Gasteiger charge is -2.10. The van der Waals surface area contributed by atoms with Crippen molar-refractivity contribution in [3.05, 3.63) is 59.9 Å². The topological polar surface area (TPSA) is 49.8 Å². The Balaban J connectivity index is 1.72. The zero-order valence-electron chi connectivity index (χ0n) is 13.6. The molecule has 0 aliphatic rings. The van der Waals surface area contributed by atoms with Gasteiger partial charge in [0.05, 0.1) is 5.52 Å². The molecular formula is C19H22N4. The average Bonchev–Trinajstić information content (AvgIpc) is 2.59. The normalized spacial score (nSPS) is 10.7. The van der Waals surface area contributed by atoms with Crippen LogP contribution in [0.25, 0.3) is 10.9 Å². The number of anilines is 2. The number of para-hydroxylation sites is 1. The summed E-state index contributed by atoms with van der Waals surface area (Å²) in [4.78, 5) is 8.76. The van der Waals surface area contributed by atoms with Gasteiger partial charge in [-0.05, 0) is 42.7 Å². The Morgan fingerprint density at radius 1 is 0.957 bits per heavy atom. The minimum Gasteiger partial charge on any atom is -0.385 e. The van der Waals surface area contributed by atoms with E-state index >= 15 is 0 Å². The first-order chi connectivity index (χ1) is 11.3. The summed E-state index contributed by atoms with van der Waals surface area (Å²) in [5.74, 6) is 0.881. The van der Waals surface area contributed by atoms with E-state index in [1.165, 1.54) is 16.8 Å². The molecule has 0 spiro atoms. The molecule has 0 aliphatic carbocycles. The number of nitrogens with one attached hydrogen (secondary N) is 2. The second-order valence-corrected chi connectivity index (χ2v) is 5.67. The molecule has 4 heteroatoms. The first kappa shape index (κ1) is 15.3. The Bertz CT molecular complexity index is 781. The molecule has 0 amide bonds. The molecule has 0 fully saturated rings. The largest absolute Gasteiger partial charge is 0.385 e. The third-order valence-corrected chi connectivity index (χ3v) is 3.86. The lowest BCUT2D eigenvalue weighted by atomic mass is 10.1. The number of fused-ring (bicyclic) bond motifs is 1. The minimum atomic E-state index is 0.744. The van der Waals surface area contributed by atoms with E-state index in [0.717, 1.165) is 36.2 Å². The fourth-order valence-electron chi connectivity index (χ4n) is 2.57. The van der Waals surface area contributed by atoms with Crippen LogP contribution < -0.4 is 10.6 Å². The van der Waals surface area contributed by atoms with Crippen LogP contribution in [0.1, 0.15) is 24.5 Å². The summed E-state index contributed by atoms with van der Waals surface area (Å²) in [6.45, 7) is 5.98. The molecule has 0 saturated heterocycles. The van der Waals surface area contributed by atoms with Crippen LogP contribution in [0.15, 0.2) is 48.8 Å². The quantitative estimate of drug-likeness (QED) is 0.710. The third kappa shape index (κ3) is 3.59. The number of nitrogens with zero attached hydrogens (tertiary/aromatic N) is 2. The molecule has 118 valence electrons. The van der Waals surface area contributed by atoms with Crippen molar-refractivity contribution in [1.29, 1.82) is 0 Å². The van der Waals surface area contributed by atoms with Gasteiger partial charge in [0.15, 0.2) is 0 Å². The van der Waals surface area contributed by atoms with Gasteiger partial charge in [-0.1, -0.05) is 31.2 Å². The van der Waals surface area contributed by atoms with Crippen LogP contribution in [-0.2, 0) is 6.54 Å². The van der Waals surface area contributed by atoms with Crippen molar-refractivity contribution >= 4 is 22.4 Å². The summed E-state index contributed by atoms with van der Waals surface area (Å²) in [7, 11) is 0. The highest BCUT2D eigenvalue weighted by Crippen LogP contribution is 2.22. The zero-order valence-corrected chi connectivity index (χ0v) is 13.6. The maximum Gasteiger partial charge on any atom is 0.137 e. The zero-order chi connectivity index (χ0) is 16.1. The highest BCUT2D eigenvalue weighted by Gasteiger charge is 2.05. The predicted molar refractivity (Wildman–Crippen MR) is 96.8 cm³/mol. The lowest BCUT2D eigenvalue weighted by molar-refractivity contribution is 0.979. The van der Waals surface area contributed by atoms with Gasteiger partial charge >= 0.3 is 0 Å². The standard InChI is InChI=1S/C19H22N4/c1-3-11-20-16-9-7-15(8-10-16)12-21-19-17-6-4-5-14(2)18(17)22-13-23-19/h4-10,13,20H,3,11-12H2,1-2H3,(H,21,22,23). The van der Waals surface area contributed by atoms with Crippen molar-refractivity contribution in [2.24, 2.45) is 0 Å². The van der Waals surface area contributed by atoms with E-state index in [-0.39, 0.29) is 0 Å². The van der Waals surface area contributed by atoms with Crippen molar-refractivity contribution in [3.63, 3.8) is 0 Å². The Labute approximate surface area is 137 Å². The molecule has 23 heavy (non-hydrogen) atoms. The number of aromatic nitrogens is 2. The monoisotopic (exact) mass is 306 g/mol. The van der Waals surface area contributed by atoms with Crippen LogP contribution in [0.5, 0.6) is 0 Å². The minimum absolute atomic E-state index is 0.744. The van der Waals surface area contributed by atoms with Gasteiger partial charge in [0, 0.05) is 24.2 Å². The summed E-state index contributed by atoms with van der Waals surface area (Å²) in [5, 5.41) is 7.87. The van der Waals surface area contributed by atoms with Gasteiger partial charge in [0.1, 0.15) is 12.1 Å². The summed E-state index contributed by atoms with van der Waals surface area (Å²) >= 11 is 0. The fourth-order valence-corrected chi connectivity index (χ4v) is 2.57. The molecule has 4 nitrogen and oxygen atoms in total. The van der Waals surface area contributed by atoms with E-state index in [1.807, 2.05) is 6.07 Å². The van der Waals surface area contributed by atoms with Crippen molar-refractivity contribution in [3.8, 4) is 0 Å². The molecule has 0 unspecified atom stereocenters. The molecule has 0 bridgehead atoms. The predicted octanol–water partition coefficient (Wildman–Crippen LogP) is 4.37. The molecular weight excluding hydrogens is 284 g/mol. The van der Waals surface area contributed by atoms with E-state index < -0.39 is 0 Å². The van der Waals surface area contributed by atoms with Crippen LogP contribution in [-0.4, -0.2) is 16.5 Å². The Morgan fingerprint density at radius 3 is 2.57 bits per heavy atom. The number of rotatable bonds is 6. The van der Waals surface area contributed by atoms with Crippen LogP contribution in [0, 0.1) is 6.92 Å². The van der Waals surface area contributed by atoms with E-state index in [4.69, 9.17) is 0 Å².